The van der Waals surface area contributed by atoms with Gasteiger partial charge in [0.25, 0.3) is 0 Å². The molecule has 0 radical (unpaired) electrons. The van der Waals surface area contributed by atoms with E-state index in [4.69, 9.17) is 0 Å². The quantitative estimate of drug-likeness (QED) is 0.684. The van der Waals surface area contributed by atoms with Gasteiger partial charge in [-0.3, -0.25) is 0 Å². The first-order chi connectivity index (χ1) is 7.81. The molecule has 0 aromatic heterocycles. The fourth-order valence-electron chi connectivity index (χ4n) is 2.98. The normalized spacial score (nSPS) is 25.6. The Labute approximate surface area is 108 Å². The van der Waals surface area contributed by atoms with Crippen LogP contribution in [0.15, 0.2) is 28.7 Å². The van der Waals surface area contributed by atoms with Crippen LogP contribution in [0.5, 0.6) is 0 Å². The highest BCUT2D eigenvalue weighted by Crippen LogP contribution is 2.39. The standard InChI is InChI=1S/C15H21Br/c1-2-5-12-8-10-13(11-9-12)14-6-3-4-7-15(14)16/h3-4,6-7,12-13H,2,5,8-11H2,1H3. The van der Waals surface area contributed by atoms with E-state index < -0.39 is 0 Å². The predicted octanol–water partition coefficient (Wildman–Crippen LogP) is 5.52. The molecule has 0 amide bonds. The maximum absolute atomic E-state index is 3.68. The Kier molecular flexibility index (Phi) is 4.45. The molecule has 1 saturated carbocycles. The van der Waals surface area contributed by atoms with Crippen molar-refractivity contribution in [2.45, 2.75) is 51.4 Å². The van der Waals surface area contributed by atoms with E-state index in [1.54, 1.807) is 0 Å². The molecule has 0 bridgehead atoms. The Balaban J connectivity index is 1.96. The topological polar surface area (TPSA) is 0 Å². The Hall–Kier alpha value is -0.300. The molecule has 2 rings (SSSR count). The molecular weight excluding hydrogens is 260 g/mol. The molecule has 0 aliphatic heterocycles. The van der Waals surface area contributed by atoms with Crippen molar-refractivity contribution in [3.8, 4) is 0 Å². The number of halogens is 1. The summed E-state index contributed by atoms with van der Waals surface area (Å²) in [5, 5.41) is 0. The van der Waals surface area contributed by atoms with E-state index in [0.717, 1.165) is 11.8 Å². The summed E-state index contributed by atoms with van der Waals surface area (Å²) in [5.41, 5.74) is 1.53. The van der Waals surface area contributed by atoms with Crippen molar-refractivity contribution in [2.24, 2.45) is 5.92 Å². The number of benzene rings is 1. The third-order valence-corrected chi connectivity index (χ3v) is 4.61. The van der Waals surface area contributed by atoms with Crippen LogP contribution in [-0.4, -0.2) is 0 Å². The van der Waals surface area contributed by atoms with E-state index in [9.17, 15) is 0 Å². The van der Waals surface area contributed by atoms with Gasteiger partial charge in [0.05, 0.1) is 0 Å². The molecule has 1 aliphatic carbocycles. The molecule has 0 unspecified atom stereocenters. The third kappa shape index (κ3) is 2.88. The Bertz CT molecular complexity index is 324. The van der Waals surface area contributed by atoms with Crippen molar-refractivity contribution in [1.82, 2.24) is 0 Å². The highest BCUT2D eigenvalue weighted by molar-refractivity contribution is 9.10. The van der Waals surface area contributed by atoms with E-state index in [2.05, 4.69) is 47.1 Å². The van der Waals surface area contributed by atoms with Crippen LogP contribution in [-0.2, 0) is 0 Å². The van der Waals surface area contributed by atoms with E-state index in [1.807, 2.05) is 0 Å². The summed E-state index contributed by atoms with van der Waals surface area (Å²) in [7, 11) is 0. The van der Waals surface area contributed by atoms with Gasteiger partial charge in [-0.25, -0.2) is 0 Å². The van der Waals surface area contributed by atoms with E-state index in [0.29, 0.717) is 0 Å². The lowest BCUT2D eigenvalue weighted by Crippen LogP contribution is -2.13. The van der Waals surface area contributed by atoms with Gasteiger partial charge in [0.1, 0.15) is 0 Å². The molecule has 1 aliphatic rings. The summed E-state index contributed by atoms with van der Waals surface area (Å²) in [5.74, 6) is 1.80. The first kappa shape index (κ1) is 12.2. The van der Waals surface area contributed by atoms with Crippen LogP contribution in [0.4, 0.5) is 0 Å². The Morgan fingerprint density at radius 1 is 1.12 bits per heavy atom. The van der Waals surface area contributed by atoms with Gasteiger partial charge in [-0.15, -0.1) is 0 Å². The number of hydrogen-bond donors (Lipinski definition) is 0. The molecule has 0 spiro atoms. The zero-order valence-corrected chi connectivity index (χ0v) is 11.7. The SMILES string of the molecule is CCCC1CCC(c2ccccc2Br)CC1. The van der Waals surface area contributed by atoms with Crippen LogP contribution in [0.2, 0.25) is 0 Å². The minimum absolute atomic E-state index is 0.795. The molecule has 0 nitrogen and oxygen atoms in total. The number of rotatable bonds is 3. The fourth-order valence-corrected chi connectivity index (χ4v) is 3.59. The second kappa shape index (κ2) is 5.86. The van der Waals surface area contributed by atoms with Crippen molar-refractivity contribution in [1.29, 1.82) is 0 Å². The summed E-state index contributed by atoms with van der Waals surface area (Å²) in [4.78, 5) is 0. The van der Waals surface area contributed by atoms with Gasteiger partial charge in [-0.1, -0.05) is 53.9 Å². The van der Waals surface area contributed by atoms with Crippen molar-refractivity contribution >= 4 is 15.9 Å². The zero-order valence-electron chi connectivity index (χ0n) is 10.1. The van der Waals surface area contributed by atoms with Crippen molar-refractivity contribution in [3.05, 3.63) is 34.3 Å². The molecular formula is C15H21Br. The molecule has 1 aromatic rings. The van der Waals surface area contributed by atoms with Crippen molar-refractivity contribution < 1.29 is 0 Å². The molecule has 0 heterocycles. The number of hydrogen-bond acceptors (Lipinski definition) is 0. The van der Waals surface area contributed by atoms with Gasteiger partial charge >= 0.3 is 0 Å². The summed E-state index contributed by atoms with van der Waals surface area (Å²) in [6.45, 7) is 2.31. The molecule has 1 aromatic carbocycles. The maximum Gasteiger partial charge on any atom is 0.0210 e. The lowest BCUT2D eigenvalue weighted by atomic mass is 9.77. The van der Waals surface area contributed by atoms with E-state index in [-0.39, 0.29) is 0 Å². The second-order valence-corrected chi connectivity index (χ2v) is 5.88. The summed E-state index contributed by atoms with van der Waals surface area (Å²) in [6, 6.07) is 8.73. The molecule has 1 heteroatoms. The monoisotopic (exact) mass is 280 g/mol. The minimum atomic E-state index is 0.795. The highest BCUT2D eigenvalue weighted by Gasteiger charge is 2.22. The van der Waals surface area contributed by atoms with Gasteiger partial charge in [-0.2, -0.15) is 0 Å². The van der Waals surface area contributed by atoms with Crippen LogP contribution >= 0.6 is 15.9 Å². The van der Waals surface area contributed by atoms with Gasteiger partial charge in [0.15, 0.2) is 0 Å². The van der Waals surface area contributed by atoms with Crippen molar-refractivity contribution in [3.63, 3.8) is 0 Å². The first-order valence-electron chi connectivity index (χ1n) is 6.55. The van der Waals surface area contributed by atoms with Crippen molar-refractivity contribution in [2.75, 3.05) is 0 Å². The first-order valence-corrected chi connectivity index (χ1v) is 7.35. The predicted molar refractivity (Wildman–Crippen MR) is 73.7 cm³/mol. The lowest BCUT2D eigenvalue weighted by molar-refractivity contribution is 0.308. The maximum atomic E-state index is 3.68. The summed E-state index contributed by atoms with van der Waals surface area (Å²) in [6.07, 6.45) is 8.41. The summed E-state index contributed by atoms with van der Waals surface area (Å²) < 4.78 is 1.30. The third-order valence-electron chi connectivity index (χ3n) is 3.89. The summed E-state index contributed by atoms with van der Waals surface area (Å²) >= 11 is 3.68. The average molecular weight is 281 g/mol. The largest absolute Gasteiger partial charge is 0.0654 e. The Morgan fingerprint density at radius 2 is 1.81 bits per heavy atom. The van der Waals surface area contributed by atoms with Crippen LogP contribution in [0.25, 0.3) is 0 Å². The highest BCUT2D eigenvalue weighted by atomic mass is 79.9. The van der Waals surface area contributed by atoms with Gasteiger partial charge in [0, 0.05) is 4.47 Å². The van der Waals surface area contributed by atoms with Gasteiger partial charge < -0.3 is 0 Å². The lowest BCUT2D eigenvalue weighted by Gasteiger charge is -2.29. The second-order valence-electron chi connectivity index (χ2n) is 5.03. The van der Waals surface area contributed by atoms with Crippen LogP contribution in [0, 0.1) is 5.92 Å². The van der Waals surface area contributed by atoms with Gasteiger partial charge in [0.2, 0.25) is 0 Å². The zero-order chi connectivity index (χ0) is 11.4. The molecule has 0 N–H and O–H groups in total. The van der Waals surface area contributed by atoms with Gasteiger partial charge in [-0.05, 0) is 49.1 Å². The minimum Gasteiger partial charge on any atom is -0.0654 e. The fraction of sp³-hybridized carbons (Fsp3) is 0.600. The molecule has 16 heavy (non-hydrogen) atoms. The Morgan fingerprint density at radius 3 is 2.44 bits per heavy atom. The smallest absolute Gasteiger partial charge is 0.0210 e. The van der Waals surface area contributed by atoms with E-state index >= 15 is 0 Å². The van der Waals surface area contributed by atoms with Crippen LogP contribution in [0.1, 0.15) is 56.9 Å². The average Bonchev–Trinajstić information content (AvgIpc) is 2.31. The van der Waals surface area contributed by atoms with Crippen LogP contribution in [0.3, 0.4) is 0 Å². The molecule has 0 saturated heterocycles. The van der Waals surface area contributed by atoms with E-state index in [1.165, 1.54) is 48.6 Å². The molecule has 0 atom stereocenters. The molecule has 1 fully saturated rings. The van der Waals surface area contributed by atoms with Crippen LogP contribution < -0.4 is 0 Å². The molecule has 88 valence electrons.